The molecule has 21 heavy (non-hydrogen) atoms. The second-order valence-corrected chi connectivity index (χ2v) is 6.71. The Kier molecular flexibility index (Phi) is 6.23. The molecule has 122 valence electrons. The minimum atomic E-state index is -0.245. The third-order valence-electron chi connectivity index (χ3n) is 5.00. The predicted molar refractivity (Wildman–Crippen MR) is 81.9 cm³/mol. The number of hydrogen-bond acceptors (Lipinski definition) is 4. The van der Waals surface area contributed by atoms with Crippen LogP contribution in [-0.2, 0) is 14.2 Å². The summed E-state index contributed by atoms with van der Waals surface area (Å²) in [5.41, 5.74) is 0. The SMILES string of the molecule is C=CC[C@@H]1O[C@H](C[C@@H](O)[C@@H]2C[C@H]2C)C[C@H](OCOC)[C@H]1C. The Morgan fingerprint density at radius 3 is 2.67 bits per heavy atom. The zero-order chi connectivity index (χ0) is 15.4. The van der Waals surface area contributed by atoms with Gasteiger partial charge >= 0.3 is 0 Å². The van der Waals surface area contributed by atoms with Crippen molar-refractivity contribution in [2.24, 2.45) is 17.8 Å². The van der Waals surface area contributed by atoms with Gasteiger partial charge in [-0.2, -0.15) is 0 Å². The molecule has 0 aromatic heterocycles. The first-order chi connectivity index (χ1) is 10.1. The van der Waals surface area contributed by atoms with E-state index in [0.29, 0.717) is 31.0 Å². The highest BCUT2D eigenvalue weighted by Gasteiger charge is 2.42. The molecule has 0 radical (unpaired) electrons. The van der Waals surface area contributed by atoms with Crippen LogP contribution in [-0.4, -0.2) is 43.4 Å². The number of aliphatic hydroxyl groups excluding tert-OH is 1. The first kappa shape index (κ1) is 16.9. The normalized spacial score (nSPS) is 40.8. The van der Waals surface area contributed by atoms with Crippen molar-refractivity contribution in [3.8, 4) is 0 Å². The van der Waals surface area contributed by atoms with Crippen LogP contribution in [0.1, 0.15) is 39.5 Å². The second kappa shape index (κ2) is 7.73. The van der Waals surface area contributed by atoms with E-state index in [1.807, 2.05) is 6.08 Å². The lowest BCUT2D eigenvalue weighted by Gasteiger charge is -2.40. The molecule has 0 aromatic rings. The van der Waals surface area contributed by atoms with Gasteiger partial charge in [0.05, 0.1) is 24.4 Å². The fourth-order valence-corrected chi connectivity index (χ4v) is 3.43. The first-order valence-corrected chi connectivity index (χ1v) is 8.11. The summed E-state index contributed by atoms with van der Waals surface area (Å²) in [5.74, 6) is 1.43. The van der Waals surface area contributed by atoms with Crippen LogP contribution in [0.5, 0.6) is 0 Å². The number of rotatable bonds is 8. The van der Waals surface area contributed by atoms with Gasteiger partial charge in [-0.15, -0.1) is 6.58 Å². The summed E-state index contributed by atoms with van der Waals surface area (Å²) in [7, 11) is 1.64. The summed E-state index contributed by atoms with van der Waals surface area (Å²) >= 11 is 0. The monoisotopic (exact) mass is 298 g/mol. The van der Waals surface area contributed by atoms with E-state index < -0.39 is 0 Å². The van der Waals surface area contributed by atoms with Crippen LogP contribution in [0.3, 0.4) is 0 Å². The van der Waals surface area contributed by atoms with Gasteiger partial charge in [0, 0.05) is 19.4 Å². The lowest BCUT2D eigenvalue weighted by atomic mass is 9.86. The standard InChI is InChI=1S/C17H30O4/c1-5-6-16-12(3)17(20-10-19-4)9-13(21-16)8-15(18)14-7-11(14)2/h5,11-18H,1,6-10H2,2-4H3/t11-,12+,13-,14-,15-,16+,17+/m1/s1. The average Bonchev–Trinajstić information content (AvgIpc) is 3.18. The summed E-state index contributed by atoms with van der Waals surface area (Å²) in [4.78, 5) is 0. The summed E-state index contributed by atoms with van der Waals surface area (Å²) in [5, 5.41) is 10.3. The van der Waals surface area contributed by atoms with Crippen LogP contribution in [0.2, 0.25) is 0 Å². The highest BCUT2D eigenvalue weighted by Crippen LogP contribution is 2.43. The van der Waals surface area contributed by atoms with Gasteiger partial charge < -0.3 is 19.3 Å². The van der Waals surface area contributed by atoms with Crippen molar-refractivity contribution < 1.29 is 19.3 Å². The number of hydrogen-bond donors (Lipinski definition) is 1. The molecular weight excluding hydrogens is 268 g/mol. The molecule has 1 aliphatic carbocycles. The van der Waals surface area contributed by atoms with Gasteiger partial charge in [0.25, 0.3) is 0 Å². The van der Waals surface area contributed by atoms with Crippen LogP contribution < -0.4 is 0 Å². The Labute approximate surface area is 128 Å². The van der Waals surface area contributed by atoms with E-state index >= 15 is 0 Å². The summed E-state index contributed by atoms with van der Waals surface area (Å²) in [6.45, 7) is 8.48. The minimum absolute atomic E-state index is 0.0656. The quantitative estimate of drug-likeness (QED) is 0.553. The fraction of sp³-hybridized carbons (Fsp3) is 0.882. The van der Waals surface area contributed by atoms with Crippen molar-refractivity contribution in [3.05, 3.63) is 12.7 Å². The van der Waals surface area contributed by atoms with E-state index in [1.54, 1.807) is 7.11 Å². The third-order valence-corrected chi connectivity index (χ3v) is 5.00. The lowest BCUT2D eigenvalue weighted by Crippen LogP contribution is -2.45. The lowest BCUT2D eigenvalue weighted by molar-refractivity contribution is -0.181. The summed E-state index contributed by atoms with van der Waals surface area (Å²) in [6.07, 6.45) is 5.46. The number of aliphatic hydroxyl groups is 1. The van der Waals surface area contributed by atoms with Gasteiger partial charge in [0.15, 0.2) is 0 Å². The molecule has 0 amide bonds. The largest absolute Gasteiger partial charge is 0.393 e. The van der Waals surface area contributed by atoms with Gasteiger partial charge in [-0.1, -0.05) is 19.9 Å². The van der Waals surface area contributed by atoms with Gasteiger partial charge in [-0.3, -0.25) is 0 Å². The van der Waals surface area contributed by atoms with E-state index in [1.165, 1.54) is 0 Å². The Bertz CT molecular complexity index is 333. The maximum absolute atomic E-state index is 10.3. The molecule has 4 nitrogen and oxygen atoms in total. The minimum Gasteiger partial charge on any atom is -0.393 e. The maximum atomic E-state index is 10.3. The third kappa shape index (κ3) is 4.52. The van der Waals surface area contributed by atoms with E-state index in [4.69, 9.17) is 14.2 Å². The van der Waals surface area contributed by atoms with Crippen LogP contribution in [0.25, 0.3) is 0 Å². The van der Waals surface area contributed by atoms with Crippen molar-refractivity contribution in [2.45, 2.75) is 63.9 Å². The van der Waals surface area contributed by atoms with Gasteiger partial charge in [-0.25, -0.2) is 0 Å². The molecule has 4 heteroatoms. The molecule has 1 aliphatic heterocycles. The second-order valence-electron chi connectivity index (χ2n) is 6.71. The topological polar surface area (TPSA) is 47.9 Å². The van der Waals surface area contributed by atoms with Gasteiger partial charge in [-0.05, 0) is 31.1 Å². The molecule has 1 saturated heterocycles. The zero-order valence-electron chi connectivity index (χ0n) is 13.5. The summed E-state index contributed by atoms with van der Waals surface area (Å²) < 4.78 is 17.0. The maximum Gasteiger partial charge on any atom is 0.146 e. The van der Waals surface area contributed by atoms with Crippen molar-refractivity contribution in [1.82, 2.24) is 0 Å². The Balaban J connectivity index is 1.91. The molecule has 1 N–H and O–H groups in total. The van der Waals surface area contributed by atoms with Gasteiger partial charge in [0.2, 0.25) is 0 Å². The Morgan fingerprint density at radius 1 is 1.38 bits per heavy atom. The molecule has 2 aliphatic rings. The Morgan fingerprint density at radius 2 is 2.10 bits per heavy atom. The van der Waals surface area contributed by atoms with Crippen molar-refractivity contribution >= 4 is 0 Å². The molecule has 0 aromatic carbocycles. The van der Waals surface area contributed by atoms with Crippen LogP contribution >= 0.6 is 0 Å². The fourth-order valence-electron chi connectivity index (χ4n) is 3.43. The highest BCUT2D eigenvalue weighted by molar-refractivity contribution is 4.93. The van der Waals surface area contributed by atoms with Gasteiger partial charge in [0.1, 0.15) is 6.79 Å². The first-order valence-electron chi connectivity index (χ1n) is 8.11. The molecule has 0 bridgehead atoms. The predicted octanol–water partition coefficient (Wildman–Crippen LogP) is 2.75. The van der Waals surface area contributed by atoms with Crippen molar-refractivity contribution in [1.29, 1.82) is 0 Å². The zero-order valence-corrected chi connectivity index (χ0v) is 13.5. The van der Waals surface area contributed by atoms with E-state index in [-0.39, 0.29) is 24.4 Å². The molecule has 2 rings (SSSR count). The number of methoxy groups -OCH3 is 1. The Hall–Kier alpha value is -0.420. The van der Waals surface area contributed by atoms with Crippen molar-refractivity contribution in [3.63, 3.8) is 0 Å². The molecular formula is C17H30O4. The smallest absolute Gasteiger partial charge is 0.146 e. The van der Waals surface area contributed by atoms with E-state index in [2.05, 4.69) is 20.4 Å². The number of ether oxygens (including phenoxy) is 3. The molecule has 1 heterocycles. The van der Waals surface area contributed by atoms with Crippen LogP contribution in [0, 0.1) is 17.8 Å². The van der Waals surface area contributed by atoms with Crippen molar-refractivity contribution in [2.75, 3.05) is 13.9 Å². The van der Waals surface area contributed by atoms with Crippen LogP contribution in [0.15, 0.2) is 12.7 Å². The molecule has 1 saturated carbocycles. The molecule has 2 fully saturated rings. The van der Waals surface area contributed by atoms with E-state index in [0.717, 1.165) is 19.3 Å². The summed E-state index contributed by atoms with van der Waals surface area (Å²) in [6, 6.07) is 0. The average molecular weight is 298 g/mol. The molecule has 0 unspecified atom stereocenters. The van der Waals surface area contributed by atoms with Crippen LogP contribution in [0.4, 0.5) is 0 Å². The molecule has 0 spiro atoms. The van der Waals surface area contributed by atoms with E-state index in [9.17, 15) is 5.11 Å². The molecule has 7 atom stereocenters. The highest BCUT2D eigenvalue weighted by atomic mass is 16.7.